The number of hydrogen-bond donors (Lipinski definition) is 1. The molecule has 0 unspecified atom stereocenters. The van der Waals surface area contributed by atoms with E-state index in [-0.39, 0.29) is 24.0 Å². The summed E-state index contributed by atoms with van der Waals surface area (Å²) in [5.41, 5.74) is 0. The molecule has 1 aromatic heterocycles. The summed E-state index contributed by atoms with van der Waals surface area (Å²) in [6, 6.07) is 0. The van der Waals surface area contributed by atoms with Gasteiger partial charge in [0, 0.05) is 12.4 Å². The van der Waals surface area contributed by atoms with Gasteiger partial charge in [-0.1, -0.05) is 11.6 Å². The monoisotopic (exact) mass is 202 g/mol. The molecule has 1 N–H and O–H groups in total. The molecule has 1 aromatic rings. The van der Waals surface area contributed by atoms with Gasteiger partial charge in [0.05, 0.1) is 0 Å². The van der Waals surface area contributed by atoms with Crippen molar-refractivity contribution in [3.8, 4) is 0 Å². The predicted molar refractivity (Wildman–Crippen MR) is 44.0 cm³/mol. The molecule has 0 bridgehead atoms. The molecule has 62 valence electrons. The summed E-state index contributed by atoms with van der Waals surface area (Å²) in [4.78, 5) is 6.73. The zero-order valence-corrected chi connectivity index (χ0v) is 6.67. The van der Waals surface area contributed by atoms with Crippen molar-refractivity contribution in [3.05, 3.63) is 17.5 Å². The van der Waals surface area contributed by atoms with Crippen LogP contribution in [0, 0.1) is 0 Å². The summed E-state index contributed by atoms with van der Waals surface area (Å²) in [6.45, 7) is 0. The van der Waals surface area contributed by atoms with Crippen LogP contribution in [0.25, 0.3) is 0 Å². The summed E-state index contributed by atoms with van der Waals surface area (Å²) in [7, 11) is -4.34. The number of nitrogens with zero attached hydrogens (tertiary/aromatic N) is 2. The first kappa shape index (κ1) is 11.9. The quantitative estimate of drug-likeness (QED) is 0.501. The molecule has 12 heavy (non-hydrogen) atoms. The summed E-state index contributed by atoms with van der Waals surface area (Å²) in [5.74, 6) is 0. The molecule has 0 aliphatic heterocycles. The van der Waals surface area contributed by atoms with Crippen LogP contribution < -0.4 is 0 Å². The minimum absolute atomic E-state index is 0. The van der Waals surface area contributed by atoms with Crippen LogP contribution in [0.4, 0.5) is 0 Å². The third kappa shape index (κ3) is 2.73. The Morgan fingerprint density at radius 3 is 2.17 bits per heavy atom. The van der Waals surface area contributed by atoms with Crippen LogP contribution in [0.15, 0.2) is 17.4 Å². The maximum atomic E-state index is 10.4. The molecule has 0 atom stereocenters. The third-order valence-electron chi connectivity index (χ3n) is 0.867. The minimum atomic E-state index is -4.34. The summed E-state index contributed by atoms with van der Waals surface area (Å²) >= 11 is 5.30. The van der Waals surface area contributed by atoms with E-state index in [1.165, 1.54) is 6.20 Å². The second kappa shape index (κ2) is 4.21. The van der Waals surface area contributed by atoms with Crippen molar-refractivity contribution >= 4 is 40.6 Å². The van der Waals surface area contributed by atoms with Crippen molar-refractivity contribution in [1.82, 2.24) is 9.97 Å². The van der Waals surface area contributed by atoms with E-state index in [0.717, 1.165) is 6.20 Å². The van der Waals surface area contributed by atoms with E-state index >= 15 is 0 Å². The van der Waals surface area contributed by atoms with E-state index in [0.29, 0.717) is 0 Å². The Hall–Kier alpha value is -0.123. The average Bonchev–Trinajstić information content (AvgIpc) is 1.86. The van der Waals surface area contributed by atoms with Gasteiger partial charge in [-0.25, -0.2) is 9.97 Å². The second-order valence-corrected chi connectivity index (χ2v) is 3.32. The van der Waals surface area contributed by atoms with E-state index in [9.17, 15) is 8.42 Å². The maximum absolute atomic E-state index is 10.4. The molecule has 0 radical (unpaired) electrons. The number of aromatic nitrogens is 2. The zero-order valence-electron chi connectivity index (χ0n) is 5.10. The molecule has 1 rings (SSSR count). The van der Waals surface area contributed by atoms with Gasteiger partial charge in [-0.2, -0.15) is 8.42 Å². The van der Waals surface area contributed by atoms with E-state index in [1.807, 2.05) is 0 Å². The number of hydrogen-bond acceptors (Lipinski definition) is 4. The number of rotatable bonds is 1. The Bertz CT molecular complexity index is 368. The fourth-order valence-electron chi connectivity index (χ4n) is 0.481. The van der Waals surface area contributed by atoms with Crippen LogP contribution in [-0.2, 0) is 10.1 Å². The van der Waals surface area contributed by atoms with Gasteiger partial charge in [0.25, 0.3) is 0 Å². The molecule has 8 heteroatoms. The zero-order chi connectivity index (χ0) is 8.48. The van der Waals surface area contributed by atoms with Crippen molar-refractivity contribution in [1.29, 1.82) is 0 Å². The molecule has 5 nitrogen and oxygen atoms in total. The van der Waals surface area contributed by atoms with Crippen molar-refractivity contribution in [2.24, 2.45) is 0 Å². The fourth-order valence-corrected chi connectivity index (χ4v) is 1.34. The molecule has 1 heterocycles. The standard InChI is InChI=1S/C4H3ClN2O3S.Li.H/c5-3-4(11(8,9)10)7-2-1-6-3;;/h1-2H,(H,8,9,10);;. The third-order valence-corrected chi connectivity index (χ3v) is 2.04. The van der Waals surface area contributed by atoms with Gasteiger partial charge in [-0.05, 0) is 0 Å². The normalized spacial score (nSPS) is 10.5. The first-order valence-corrected chi connectivity index (χ1v) is 4.27. The molecule has 0 spiro atoms. The van der Waals surface area contributed by atoms with E-state index in [1.54, 1.807) is 0 Å². The molecule has 0 saturated carbocycles. The summed E-state index contributed by atoms with van der Waals surface area (Å²) in [5, 5.41) is -0.961. The van der Waals surface area contributed by atoms with Crippen molar-refractivity contribution in [2.45, 2.75) is 5.03 Å². The first-order chi connectivity index (χ1) is 5.02. The Morgan fingerprint density at radius 1 is 1.33 bits per heavy atom. The Kier molecular flexibility index (Phi) is 4.17. The molecule has 0 fully saturated rings. The van der Waals surface area contributed by atoms with Gasteiger partial charge in [-0.3, -0.25) is 4.55 Å². The van der Waals surface area contributed by atoms with Crippen molar-refractivity contribution in [2.75, 3.05) is 0 Å². The SMILES string of the molecule is O=S(=O)(O)c1nccnc1Cl.[LiH]. The molecule has 0 amide bonds. The van der Waals surface area contributed by atoms with Gasteiger partial charge < -0.3 is 0 Å². The van der Waals surface area contributed by atoms with E-state index in [2.05, 4.69) is 9.97 Å². The molecule has 0 aromatic carbocycles. The molecular weight excluding hydrogens is 199 g/mol. The molecule has 0 saturated heterocycles. The van der Waals surface area contributed by atoms with Crippen LogP contribution in [-0.4, -0.2) is 41.8 Å². The Labute approximate surface area is 86.1 Å². The molecule has 0 aliphatic rings. The number of halogens is 1. The van der Waals surface area contributed by atoms with Crippen LogP contribution in [0.1, 0.15) is 0 Å². The predicted octanol–water partition coefficient (Wildman–Crippen LogP) is -0.272. The van der Waals surface area contributed by atoms with E-state index in [4.69, 9.17) is 16.2 Å². The van der Waals surface area contributed by atoms with Crippen molar-refractivity contribution in [3.63, 3.8) is 0 Å². The molecule has 0 aliphatic carbocycles. The van der Waals surface area contributed by atoms with Gasteiger partial charge in [0.1, 0.15) is 0 Å². The fraction of sp³-hybridized carbons (Fsp3) is 0. The second-order valence-electron chi connectivity index (χ2n) is 1.63. The summed E-state index contributed by atoms with van der Waals surface area (Å²) < 4.78 is 29.3. The van der Waals surface area contributed by atoms with Gasteiger partial charge in [0.2, 0.25) is 5.03 Å². The van der Waals surface area contributed by atoms with Gasteiger partial charge in [0.15, 0.2) is 5.15 Å². The van der Waals surface area contributed by atoms with Crippen molar-refractivity contribution < 1.29 is 13.0 Å². The van der Waals surface area contributed by atoms with Crippen LogP contribution in [0.2, 0.25) is 5.15 Å². The van der Waals surface area contributed by atoms with Gasteiger partial charge >= 0.3 is 29.0 Å². The Balaban J connectivity index is 0.00000121. The first-order valence-electron chi connectivity index (χ1n) is 2.46. The van der Waals surface area contributed by atoms with Crippen LogP contribution in [0.3, 0.4) is 0 Å². The topological polar surface area (TPSA) is 80.2 Å². The average molecular weight is 203 g/mol. The van der Waals surface area contributed by atoms with Gasteiger partial charge in [-0.15, -0.1) is 0 Å². The van der Waals surface area contributed by atoms with E-state index < -0.39 is 15.1 Å². The van der Waals surface area contributed by atoms with Crippen LogP contribution in [0.5, 0.6) is 0 Å². The summed E-state index contributed by atoms with van der Waals surface area (Å²) in [6.07, 6.45) is 2.34. The van der Waals surface area contributed by atoms with Crippen LogP contribution >= 0.6 is 11.6 Å². The molecular formula is C4H4ClLiN2O3S. The Morgan fingerprint density at radius 2 is 1.83 bits per heavy atom.